The van der Waals surface area contributed by atoms with Gasteiger partial charge in [-0.05, 0) is 18.2 Å². The van der Waals surface area contributed by atoms with Crippen LogP contribution >= 0.6 is 12.6 Å². The van der Waals surface area contributed by atoms with Crippen LogP contribution in [0.15, 0.2) is 29.2 Å². The smallest absolute Gasteiger partial charge is 0.387 e. The Balaban J connectivity index is 2.71. The van der Waals surface area contributed by atoms with Crippen molar-refractivity contribution in [1.29, 1.82) is 0 Å². The molecule has 0 atom stereocenters. The van der Waals surface area contributed by atoms with E-state index < -0.39 is 6.61 Å². The molecule has 0 aliphatic rings. The molecule has 11 heavy (non-hydrogen) atoms. The summed E-state index contributed by atoms with van der Waals surface area (Å²) in [5.74, 6) is 0.132. The second-order valence-electron chi connectivity index (χ2n) is 1.88. The van der Waals surface area contributed by atoms with E-state index in [-0.39, 0.29) is 5.75 Å². The van der Waals surface area contributed by atoms with Crippen molar-refractivity contribution in [3.05, 3.63) is 24.3 Å². The number of thiol groups is 1. The Morgan fingerprint density at radius 2 is 2.09 bits per heavy atom. The first-order valence-corrected chi connectivity index (χ1v) is 3.37. The van der Waals surface area contributed by atoms with E-state index in [4.69, 9.17) is 0 Å². The van der Waals surface area contributed by atoms with Crippen LogP contribution in [0.4, 0.5) is 8.78 Å². The predicted octanol–water partition coefficient (Wildman–Crippen LogP) is 2.58. The average Bonchev–Trinajstić information content (AvgIpc) is 1.85. The van der Waals surface area contributed by atoms with Crippen molar-refractivity contribution in [1.82, 2.24) is 0 Å². The molecule has 1 aromatic rings. The van der Waals surface area contributed by atoms with Crippen molar-refractivity contribution in [3.8, 4) is 5.75 Å². The summed E-state index contributed by atoms with van der Waals surface area (Å²) in [6, 6.07) is 6.16. The summed E-state index contributed by atoms with van der Waals surface area (Å²) in [4.78, 5) is 0.600. The van der Waals surface area contributed by atoms with Gasteiger partial charge in [0.05, 0.1) is 0 Å². The van der Waals surface area contributed by atoms with E-state index in [0.717, 1.165) is 0 Å². The molecule has 0 aromatic heterocycles. The van der Waals surface area contributed by atoms with Crippen molar-refractivity contribution in [2.75, 3.05) is 0 Å². The number of halogens is 2. The lowest BCUT2D eigenvalue weighted by Crippen LogP contribution is -2.01. The molecule has 0 bridgehead atoms. The number of alkyl halides is 2. The minimum absolute atomic E-state index is 0.132. The number of hydrogen-bond acceptors (Lipinski definition) is 2. The molecule has 1 rings (SSSR count). The first-order valence-electron chi connectivity index (χ1n) is 2.92. The molecule has 0 heterocycles. The molecule has 1 nitrogen and oxygen atoms in total. The van der Waals surface area contributed by atoms with Crippen LogP contribution in [-0.4, -0.2) is 6.61 Å². The maximum Gasteiger partial charge on any atom is 0.387 e. The van der Waals surface area contributed by atoms with Gasteiger partial charge in [0.25, 0.3) is 0 Å². The van der Waals surface area contributed by atoms with Crippen LogP contribution < -0.4 is 4.74 Å². The first-order chi connectivity index (χ1) is 5.18. The molecule has 0 unspecified atom stereocenters. The quantitative estimate of drug-likeness (QED) is 0.681. The third-order valence-electron chi connectivity index (χ3n) is 1.04. The van der Waals surface area contributed by atoms with Crippen molar-refractivity contribution in [2.45, 2.75) is 11.5 Å². The molecular formula is C7H6F2OS. The minimum atomic E-state index is -2.77. The summed E-state index contributed by atoms with van der Waals surface area (Å²) >= 11 is 3.95. The first kappa shape index (κ1) is 8.33. The maximum atomic E-state index is 11.6. The highest BCUT2D eigenvalue weighted by Crippen LogP contribution is 2.17. The summed E-state index contributed by atoms with van der Waals surface area (Å²) in [7, 11) is 0. The molecule has 0 aliphatic heterocycles. The van der Waals surface area contributed by atoms with Crippen molar-refractivity contribution >= 4 is 12.6 Å². The zero-order chi connectivity index (χ0) is 8.27. The van der Waals surface area contributed by atoms with Crippen molar-refractivity contribution in [3.63, 3.8) is 0 Å². The van der Waals surface area contributed by atoms with Crippen LogP contribution in [0.2, 0.25) is 0 Å². The molecule has 0 saturated carbocycles. The third-order valence-corrected chi connectivity index (χ3v) is 1.32. The fourth-order valence-electron chi connectivity index (χ4n) is 0.660. The average molecular weight is 176 g/mol. The highest BCUT2D eigenvalue weighted by atomic mass is 32.1. The summed E-state index contributed by atoms with van der Waals surface area (Å²) in [6.45, 7) is -2.77. The zero-order valence-electron chi connectivity index (χ0n) is 5.50. The van der Waals surface area contributed by atoms with Gasteiger partial charge in [-0.1, -0.05) is 6.07 Å². The lowest BCUT2D eigenvalue weighted by molar-refractivity contribution is -0.0499. The monoisotopic (exact) mass is 176 g/mol. The summed E-state index contributed by atoms with van der Waals surface area (Å²) in [5, 5.41) is 0. The van der Waals surface area contributed by atoms with Gasteiger partial charge in [-0.25, -0.2) is 0 Å². The van der Waals surface area contributed by atoms with Crippen LogP contribution in [0.1, 0.15) is 0 Å². The highest BCUT2D eigenvalue weighted by molar-refractivity contribution is 7.80. The van der Waals surface area contributed by atoms with Gasteiger partial charge in [-0.2, -0.15) is 8.78 Å². The van der Waals surface area contributed by atoms with Crippen molar-refractivity contribution in [2.24, 2.45) is 0 Å². The third kappa shape index (κ3) is 2.76. The lowest BCUT2D eigenvalue weighted by atomic mass is 10.3. The van der Waals surface area contributed by atoms with E-state index in [1.165, 1.54) is 12.1 Å². The lowest BCUT2D eigenvalue weighted by Gasteiger charge is -2.03. The zero-order valence-corrected chi connectivity index (χ0v) is 6.39. The number of hydrogen-bond donors (Lipinski definition) is 1. The van der Waals surface area contributed by atoms with Gasteiger partial charge >= 0.3 is 6.61 Å². The van der Waals surface area contributed by atoms with E-state index in [0.29, 0.717) is 4.90 Å². The molecular weight excluding hydrogens is 170 g/mol. The normalized spacial score (nSPS) is 10.2. The van der Waals surface area contributed by atoms with E-state index in [2.05, 4.69) is 17.4 Å². The second-order valence-corrected chi connectivity index (χ2v) is 2.39. The van der Waals surface area contributed by atoms with Gasteiger partial charge in [0.1, 0.15) is 5.75 Å². The number of ether oxygens (including phenoxy) is 1. The highest BCUT2D eigenvalue weighted by Gasteiger charge is 2.02. The minimum Gasteiger partial charge on any atom is -0.435 e. The van der Waals surface area contributed by atoms with Crippen molar-refractivity contribution < 1.29 is 13.5 Å². The molecule has 0 aliphatic carbocycles. The summed E-state index contributed by atoms with van der Waals surface area (Å²) in [6.07, 6.45) is 0. The molecule has 4 heteroatoms. The molecule has 0 radical (unpaired) electrons. The predicted molar refractivity (Wildman–Crippen MR) is 40.3 cm³/mol. The van der Waals surface area contributed by atoms with Crippen LogP contribution in [0.25, 0.3) is 0 Å². The second kappa shape index (κ2) is 3.57. The van der Waals surface area contributed by atoms with Gasteiger partial charge < -0.3 is 4.74 Å². The Morgan fingerprint density at radius 3 is 2.64 bits per heavy atom. The number of rotatable bonds is 2. The standard InChI is InChI=1S/C7H6F2OS/c8-7(9)10-5-2-1-3-6(11)4-5/h1-4,7,11H. The molecule has 0 amide bonds. The largest absolute Gasteiger partial charge is 0.435 e. The van der Waals surface area contributed by atoms with E-state index >= 15 is 0 Å². The van der Waals surface area contributed by atoms with Gasteiger partial charge in [-0.3, -0.25) is 0 Å². The van der Waals surface area contributed by atoms with Gasteiger partial charge in [0, 0.05) is 4.90 Å². The molecule has 0 saturated heterocycles. The Morgan fingerprint density at radius 1 is 1.36 bits per heavy atom. The van der Waals surface area contributed by atoms with Crippen LogP contribution in [0, 0.1) is 0 Å². The topological polar surface area (TPSA) is 9.23 Å². The fraction of sp³-hybridized carbons (Fsp3) is 0.143. The van der Waals surface area contributed by atoms with E-state index in [9.17, 15) is 8.78 Å². The Hall–Kier alpha value is -0.770. The SMILES string of the molecule is FC(F)Oc1cccc(S)c1. The van der Waals surface area contributed by atoms with Crippen LogP contribution in [0.5, 0.6) is 5.75 Å². The van der Waals surface area contributed by atoms with E-state index in [1.807, 2.05) is 0 Å². The Bertz CT molecular complexity index is 240. The Labute approximate surface area is 68.4 Å². The van der Waals surface area contributed by atoms with E-state index in [1.54, 1.807) is 12.1 Å². The molecule has 0 N–H and O–H groups in total. The number of benzene rings is 1. The molecule has 60 valence electrons. The molecule has 1 aromatic carbocycles. The Kier molecular flexibility index (Phi) is 2.70. The van der Waals surface area contributed by atoms with Crippen LogP contribution in [0.3, 0.4) is 0 Å². The molecule has 0 fully saturated rings. The molecule has 0 spiro atoms. The summed E-state index contributed by atoms with van der Waals surface area (Å²) < 4.78 is 27.3. The summed E-state index contributed by atoms with van der Waals surface area (Å²) in [5.41, 5.74) is 0. The van der Waals surface area contributed by atoms with Gasteiger partial charge in [-0.15, -0.1) is 12.6 Å². The van der Waals surface area contributed by atoms with Crippen LogP contribution in [-0.2, 0) is 0 Å². The fourth-order valence-corrected chi connectivity index (χ4v) is 0.873. The maximum absolute atomic E-state index is 11.6. The van der Waals surface area contributed by atoms with Gasteiger partial charge in [0.15, 0.2) is 0 Å². The van der Waals surface area contributed by atoms with Gasteiger partial charge in [0.2, 0.25) is 0 Å².